The van der Waals surface area contributed by atoms with Crippen LogP contribution in [0.5, 0.6) is 5.75 Å². The van der Waals surface area contributed by atoms with Crippen molar-refractivity contribution in [2.45, 2.75) is 13.1 Å². The van der Waals surface area contributed by atoms with E-state index in [1.807, 2.05) is 0 Å². The van der Waals surface area contributed by atoms with Crippen molar-refractivity contribution < 1.29 is 22.7 Å². The van der Waals surface area contributed by atoms with E-state index in [9.17, 15) is 18.0 Å². The number of aromatic nitrogens is 3. The van der Waals surface area contributed by atoms with Gasteiger partial charge in [-0.3, -0.25) is 4.79 Å². The molecular formula is C20H17F3N4O2. The standard InChI is InChI=1S/C20H17F3N4O2/c1-3-5-14-11-17(20(21,22)23)27(26-14)15-8-9-18(24-12-15)25-19(28)13-6-4-7-16(10-13)29-2/h3-12H,1-2H3,(H,24,25,28)/b5-3+. The van der Waals surface area contributed by atoms with E-state index in [-0.39, 0.29) is 17.2 Å². The van der Waals surface area contributed by atoms with E-state index < -0.39 is 17.8 Å². The van der Waals surface area contributed by atoms with Crippen LogP contribution in [0.3, 0.4) is 0 Å². The van der Waals surface area contributed by atoms with Gasteiger partial charge in [-0.05, 0) is 49.4 Å². The highest BCUT2D eigenvalue weighted by molar-refractivity contribution is 6.04. The van der Waals surface area contributed by atoms with E-state index in [0.717, 1.165) is 10.7 Å². The Bertz CT molecular complexity index is 1040. The number of carbonyl (C=O) groups is 1. The molecule has 0 spiro atoms. The number of anilines is 1. The highest BCUT2D eigenvalue weighted by Crippen LogP contribution is 2.32. The third-order valence-corrected chi connectivity index (χ3v) is 3.92. The molecule has 0 saturated carbocycles. The molecule has 0 unspecified atom stereocenters. The Morgan fingerprint density at radius 3 is 2.62 bits per heavy atom. The number of nitrogens with zero attached hydrogens (tertiary/aromatic N) is 3. The maximum Gasteiger partial charge on any atom is 0.433 e. The number of amides is 1. The van der Waals surface area contributed by atoms with Gasteiger partial charge in [0.1, 0.15) is 17.3 Å². The van der Waals surface area contributed by atoms with Crippen LogP contribution in [0.2, 0.25) is 0 Å². The van der Waals surface area contributed by atoms with Crippen LogP contribution in [0, 0.1) is 0 Å². The van der Waals surface area contributed by atoms with Gasteiger partial charge >= 0.3 is 6.18 Å². The topological polar surface area (TPSA) is 69.0 Å². The largest absolute Gasteiger partial charge is 0.497 e. The van der Waals surface area contributed by atoms with E-state index in [1.54, 1.807) is 37.3 Å². The van der Waals surface area contributed by atoms with Gasteiger partial charge in [-0.25, -0.2) is 9.67 Å². The van der Waals surface area contributed by atoms with Crippen LogP contribution in [0.25, 0.3) is 11.8 Å². The molecule has 0 atom stereocenters. The van der Waals surface area contributed by atoms with Gasteiger partial charge in [0.25, 0.3) is 5.91 Å². The third kappa shape index (κ3) is 4.63. The number of allylic oxidation sites excluding steroid dienone is 1. The quantitative estimate of drug-likeness (QED) is 0.678. The van der Waals surface area contributed by atoms with Crippen molar-refractivity contribution in [3.63, 3.8) is 0 Å². The number of carbonyl (C=O) groups excluding carboxylic acids is 1. The van der Waals surface area contributed by atoms with E-state index in [4.69, 9.17) is 4.74 Å². The lowest BCUT2D eigenvalue weighted by atomic mass is 10.2. The number of hydrogen-bond acceptors (Lipinski definition) is 4. The van der Waals surface area contributed by atoms with E-state index in [2.05, 4.69) is 15.4 Å². The predicted molar refractivity (Wildman–Crippen MR) is 102 cm³/mol. The Hall–Kier alpha value is -3.62. The smallest absolute Gasteiger partial charge is 0.433 e. The summed E-state index contributed by atoms with van der Waals surface area (Å²) >= 11 is 0. The van der Waals surface area contributed by atoms with Gasteiger partial charge in [-0.2, -0.15) is 18.3 Å². The molecule has 0 bridgehead atoms. The van der Waals surface area contributed by atoms with Gasteiger partial charge < -0.3 is 10.1 Å². The van der Waals surface area contributed by atoms with Gasteiger partial charge in [-0.15, -0.1) is 0 Å². The van der Waals surface area contributed by atoms with Crippen LogP contribution in [-0.2, 0) is 6.18 Å². The second-order valence-corrected chi connectivity index (χ2v) is 5.95. The lowest BCUT2D eigenvalue weighted by Gasteiger charge is -2.11. The minimum absolute atomic E-state index is 0.118. The van der Waals surface area contributed by atoms with Gasteiger partial charge in [0.2, 0.25) is 0 Å². The first kappa shape index (κ1) is 20.1. The molecule has 0 aliphatic rings. The van der Waals surface area contributed by atoms with Crippen molar-refractivity contribution in [1.82, 2.24) is 14.8 Å². The fourth-order valence-corrected chi connectivity index (χ4v) is 2.59. The number of benzene rings is 1. The van der Waals surface area contributed by atoms with E-state index in [0.29, 0.717) is 11.3 Å². The summed E-state index contributed by atoms with van der Waals surface area (Å²) in [6.45, 7) is 1.69. The molecule has 3 aromatic rings. The Kier molecular flexibility index (Phi) is 5.67. The Morgan fingerprint density at radius 2 is 2.00 bits per heavy atom. The Morgan fingerprint density at radius 1 is 1.21 bits per heavy atom. The summed E-state index contributed by atoms with van der Waals surface area (Å²) < 4.78 is 45.8. The van der Waals surface area contributed by atoms with E-state index in [1.165, 1.54) is 31.5 Å². The number of halogens is 3. The molecule has 29 heavy (non-hydrogen) atoms. The molecule has 0 radical (unpaired) electrons. The Labute approximate surface area is 164 Å². The molecule has 1 N–H and O–H groups in total. The monoisotopic (exact) mass is 402 g/mol. The second kappa shape index (κ2) is 8.17. The summed E-state index contributed by atoms with van der Waals surface area (Å²) in [5.74, 6) is 0.293. The number of nitrogens with one attached hydrogen (secondary N) is 1. The first-order valence-corrected chi connectivity index (χ1v) is 8.53. The third-order valence-electron chi connectivity index (χ3n) is 3.92. The van der Waals surface area contributed by atoms with Crippen LogP contribution < -0.4 is 10.1 Å². The van der Waals surface area contributed by atoms with Crippen LogP contribution in [0.15, 0.2) is 54.7 Å². The van der Waals surface area contributed by atoms with Crippen molar-refractivity contribution >= 4 is 17.8 Å². The number of methoxy groups -OCH3 is 1. The van der Waals surface area contributed by atoms with Crippen LogP contribution >= 0.6 is 0 Å². The minimum atomic E-state index is -4.58. The number of hydrogen-bond donors (Lipinski definition) is 1. The van der Waals surface area contributed by atoms with Gasteiger partial charge in [0, 0.05) is 5.56 Å². The number of pyridine rings is 1. The predicted octanol–water partition coefficient (Wildman–Crippen LogP) is 4.58. The molecule has 1 amide bonds. The van der Waals surface area contributed by atoms with Gasteiger partial charge in [0.15, 0.2) is 0 Å². The number of rotatable bonds is 5. The van der Waals surface area contributed by atoms with Gasteiger partial charge in [-0.1, -0.05) is 12.1 Å². The zero-order valence-corrected chi connectivity index (χ0v) is 15.6. The van der Waals surface area contributed by atoms with Gasteiger partial charge in [0.05, 0.1) is 24.7 Å². The lowest BCUT2D eigenvalue weighted by Crippen LogP contribution is -2.15. The van der Waals surface area contributed by atoms with Crippen molar-refractivity contribution in [2.75, 3.05) is 12.4 Å². The molecule has 6 nitrogen and oxygen atoms in total. The fraction of sp³-hybridized carbons (Fsp3) is 0.150. The van der Waals surface area contributed by atoms with Crippen LogP contribution in [0.1, 0.15) is 28.7 Å². The maximum absolute atomic E-state index is 13.3. The highest BCUT2D eigenvalue weighted by Gasteiger charge is 2.36. The molecule has 2 aromatic heterocycles. The highest BCUT2D eigenvalue weighted by atomic mass is 19.4. The summed E-state index contributed by atoms with van der Waals surface area (Å²) in [4.78, 5) is 16.3. The normalized spacial score (nSPS) is 11.6. The summed E-state index contributed by atoms with van der Waals surface area (Å²) in [5.41, 5.74) is -0.263. The molecule has 0 aliphatic heterocycles. The first-order valence-electron chi connectivity index (χ1n) is 8.53. The molecule has 3 rings (SSSR count). The molecule has 0 fully saturated rings. The zero-order valence-electron chi connectivity index (χ0n) is 15.6. The maximum atomic E-state index is 13.3. The van der Waals surface area contributed by atoms with E-state index >= 15 is 0 Å². The van der Waals surface area contributed by atoms with Crippen molar-refractivity contribution in [3.8, 4) is 11.4 Å². The second-order valence-electron chi connectivity index (χ2n) is 5.95. The molecule has 1 aromatic carbocycles. The van der Waals surface area contributed by atoms with Crippen LogP contribution in [0.4, 0.5) is 19.0 Å². The average molecular weight is 402 g/mol. The zero-order chi connectivity index (χ0) is 21.0. The summed E-state index contributed by atoms with van der Waals surface area (Å²) in [6, 6.07) is 10.3. The lowest BCUT2D eigenvalue weighted by molar-refractivity contribution is -0.142. The molecular weight excluding hydrogens is 385 g/mol. The SMILES string of the molecule is C/C=C/c1cc(C(F)(F)F)n(-c2ccc(NC(=O)c3cccc(OC)c3)nc2)n1. The van der Waals surface area contributed by atoms with Crippen molar-refractivity contribution in [1.29, 1.82) is 0 Å². The molecule has 2 heterocycles. The summed E-state index contributed by atoms with van der Waals surface area (Å²) in [6.07, 6.45) is -0.293. The van der Waals surface area contributed by atoms with Crippen molar-refractivity contribution in [2.24, 2.45) is 0 Å². The Balaban J connectivity index is 1.84. The summed E-state index contributed by atoms with van der Waals surface area (Å²) in [5, 5.41) is 6.55. The number of alkyl halides is 3. The van der Waals surface area contributed by atoms with Crippen molar-refractivity contribution in [3.05, 3.63) is 71.7 Å². The molecule has 150 valence electrons. The molecule has 9 heteroatoms. The molecule has 0 aliphatic carbocycles. The fourth-order valence-electron chi connectivity index (χ4n) is 2.59. The average Bonchev–Trinajstić information content (AvgIpc) is 3.13. The summed E-state index contributed by atoms with van der Waals surface area (Å²) in [7, 11) is 1.49. The minimum Gasteiger partial charge on any atom is -0.497 e. The molecule has 0 saturated heterocycles. The van der Waals surface area contributed by atoms with Crippen LogP contribution in [-0.4, -0.2) is 27.8 Å². The first-order chi connectivity index (χ1) is 13.8. The number of ether oxygens (including phenoxy) is 1.